The number of halogens is 3. The molecule has 10 heteroatoms. The van der Waals surface area contributed by atoms with Crippen molar-refractivity contribution in [3.63, 3.8) is 0 Å². The molecule has 1 aromatic heterocycles. The number of hydrogen-bond donors (Lipinski definition) is 0. The van der Waals surface area contributed by atoms with Crippen LogP contribution in [0.3, 0.4) is 0 Å². The van der Waals surface area contributed by atoms with Crippen molar-refractivity contribution < 1.29 is 18.7 Å². The standard InChI is InChI=1S/C24H19Br2FN2O4S/c1-4-33-23(31)19-12(2)28-24-29(20(19)13-5-7-16(27)8-6-13)22(30)18(34-24)10-14-9-15(25)11-17(26)21(14)32-3/h5-11,20H,4H2,1-3H3/b18-10-/t20-/m1/s1. The number of thiazole rings is 1. The molecule has 34 heavy (non-hydrogen) atoms. The van der Waals surface area contributed by atoms with Crippen LogP contribution in [0.25, 0.3) is 6.08 Å². The second kappa shape index (κ2) is 9.97. The van der Waals surface area contributed by atoms with Gasteiger partial charge in [0.05, 0.1) is 40.0 Å². The first-order valence-electron chi connectivity index (χ1n) is 10.2. The van der Waals surface area contributed by atoms with Gasteiger partial charge < -0.3 is 9.47 Å². The minimum atomic E-state index is -0.797. The van der Waals surface area contributed by atoms with Gasteiger partial charge in [0.25, 0.3) is 5.56 Å². The predicted molar refractivity (Wildman–Crippen MR) is 135 cm³/mol. The normalized spacial score (nSPS) is 15.7. The molecule has 0 saturated heterocycles. The van der Waals surface area contributed by atoms with Crippen LogP contribution in [0.5, 0.6) is 5.75 Å². The number of rotatable bonds is 5. The number of benzene rings is 2. The number of carbonyl (C=O) groups is 1. The highest BCUT2D eigenvalue weighted by Crippen LogP contribution is 2.33. The van der Waals surface area contributed by atoms with Crippen molar-refractivity contribution in [2.45, 2.75) is 19.9 Å². The zero-order chi connectivity index (χ0) is 24.6. The number of nitrogens with zero attached hydrogens (tertiary/aromatic N) is 2. The van der Waals surface area contributed by atoms with E-state index in [2.05, 4.69) is 36.9 Å². The highest BCUT2D eigenvalue weighted by molar-refractivity contribution is 9.11. The summed E-state index contributed by atoms with van der Waals surface area (Å²) >= 11 is 8.14. The molecule has 1 aliphatic rings. The predicted octanol–water partition coefficient (Wildman–Crippen LogP) is 4.47. The largest absolute Gasteiger partial charge is 0.495 e. The maximum atomic E-state index is 13.7. The summed E-state index contributed by atoms with van der Waals surface area (Å²) in [5.74, 6) is -0.403. The molecular formula is C24H19Br2FN2O4S. The van der Waals surface area contributed by atoms with Crippen molar-refractivity contribution in [1.29, 1.82) is 0 Å². The highest BCUT2D eigenvalue weighted by atomic mass is 79.9. The quantitative estimate of drug-likeness (QED) is 0.400. The van der Waals surface area contributed by atoms with Gasteiger partial charge in [-0.25, -0.2) is 14.2 Å². The number of carbonyl (C=O) groups excluding carboxylic acids is 1. The Morgan fingerprint density at radius 2 is 1.97 bits per heavy atom. The van der Waals surface area contributed by atoms with Gasteiger partial charge in [-0.1, -0.05) is 39.4 Å². The van der Waals surface area contributed by atoms with Crippen molar-refractivity contribution in [1.82, 2.24) is 4.57 Å². The molecule has 0 bridgehead atoms. The molecule has 1 atom stereocenters. The first-order chi connectivity index (χ1) is 16.2. The van der Waals surface area contributed by atoms with Gasteiger partial charge >= 0.3 is 5.97 Å². The van der Waals surface area contributed by atoms with E-state index in [1.165, 1.54) is 28.0 Å². The maximum absolute atomic E-state index is 13.7. The number of aromatic nitrogens is 1. The van der Waals surface area contributed by atoms with Crippen LogP contribution in [0.15, 0.2) is 66.4 Å². The maximum Gasteiger partial charge on any atom is 0.338 e. The summed E-state index contributed by atoms with van der Waals surface area (Å²) in [5, 5.41) is 0. The lowest BCUT2D eigenvalue weighted by molar-refractivity contribution is -0.139. The van der Waals surface area contributed by atoms with E-state index in [1.807, 2.05) is 12.1 Å². The SMILES string of the molecule is CCOC(=O)C1=C(C)N=c2s/c(=C\c3cc(Br)cc(Br)c3OC)c(=O)n2[C@@H]1c1ccc(F)cc1. The fraction of sp³-hybridized carbons (Fsp3) is 0.208. The number of hydrogen-bond acceptors (Lipinski definition) is 6. The average Bonchev–Trinajstić information content (AvgIpc) is 3.08. The Hall–Kier alpha value is -2.56. The van der Waals surface area contributed by atoms with Crippen LogP contribution >= 0.6 is 43.2 Å². The minimum absolute atomic E-state index is 0.174. The number of esters is 1. The summed E-state index contributed by atoms with van der Waals surface area (Å²) in [6, 6.07) is 8.61. The number of fused-ring (bicyclic) bond motifs is 1. The number of allylic oxidation sites excluding steroid dienone is 1. The van der Waals surface area contributed by atoms with E-state index in [0.717, 1.165) is 8.95 Å². The van der Waals surface area contributed by atoms with Gasteiger partial charge in [0.2, 0.25) is 0 Å². The third-order valence-corrected chi connectivity index (χ3v) is 7.26. The molecule has 176 valence electrons. The molecule has 0 radical (unpaired) electrons. The van der Waals surface area contributed by atoms with Crippen molar-refractivity contribution in [2.24, 2.45) is 4.99 Å². The lowest BCUT2D eigenvalue weighted by Crippen LogP contribution is -2.39. The Morgan fingerprint density at radius 3 is 2.62 bits per heavy atom. The molecule has 0 aliphatic carbocycles. The second-order valence-corrected chi connectivity index (χ2v) is 10.1. The Bertz CT molecular complexity index is 1490. The van der Waals surface area contributed by atoms with Gasteiger partial charge in [-0.05, 0) is 65.7 Å². The Labute approximate surface area is 215 Å². The molecule has 0 unspecified atom stereocenters. The molecule has 6 nitrogen and oxygen atoms in total. The fourth-order valence-corrected chi connectivity index (χ4v) is 6.25. The van der Waals surface area contributed by atoms with Crippen LogP contribution in [0.1, 0.15) is 31.0 Å². The van der Waals surface area contributed by atoms with Gasteiger partial charge in [0.15, 0.2) is 4.80 Å². The molecule has 4 rings (SSSR count). The molecule has 0 N–H and O–H groups in total. The summed E-state index contributed by atoms with van der Waals surface area (Å²) in [7, 11) is 1.55. The van der Waals surface area contributed by atoms with E-state index in [-0.39, 0.29) is 17.7 Å². The van der Waals surface area contributed by atoms with Crippen molar-refractivity contribution in [2.75, 3.05) is 13.7 Å². The molecule has 0 spiro atoms. The molecule has 2 aromatic carbocycles. The fourth-order valence-electron chi connectivity index (χ4n) is 3.80. The molecule has 0 saturated carbocycles. The topological polar surface area (TPSA) is 69.9 Å². The molecule has 0 fully saturated rings. The first-order valence-corrected chi connectivity index (χ1v) is 12.6. The number of methoxy groups -OCH3 is 1. The summed E-state index contributed by atoms with van der Waals surface area (Å²) in [6.07, 6.45) is 1.73. The first kappa shape index (κ1) is 24.6. The molecule has 2 heterocycles. The molecular weight excluding hydrogens is 591 g/mol. The zero-order valence-electron chi connectivity index (χ0n) is 18.4. The van der Waals surface area contributed by atoms with E-state index >= 15 is 0 Å². The van der Waals surface area contributed by atoms with Crippen molar-refractivity contribution in [3.05, 3.63) is 93.2 Å². The van der Waals surface area contributed by atoms with Crippen LogP contribution < -0.4 is 19.6 Å². The lowest BCUT2D eigenvalue weighted by Gasteiger charge is -2.24. The van der Waals surface area contributed by atoms with Gasteiger partial charge in [0.1, 0.15) is 11.6 Å². The summed E-state index contributed by atoms with van der Waals surface area (Å²) in [4.78, 5) is 31.5. The van der Waals surface area contributed by atoms with Crippen LogP contribution in [0.2, 0.25) is 0 Å². The van der Waals surface area contributed by atoms with E-state index in [4.69, 9.17) is 9.47 Å². The van der Waals surface area contributed by atoms with E-state index in [9.17, 15) is 14.0 Å². The van der Waals surface area contributed by atoms with Crippen LogP contribution in [-0.4, -0.2) is 24.3 Å². The molecule has 0 amide bonds. The Balaban J connectivity index is 1.99. The third kappa shape index (κ3) is 4.54. The average molecular weight is 610 g/mol. The van der Waals surface area contributed by atoms with Crippen molar-refractivity contribution in [3.8, 4) is 5.75 Å². The van der Waals surface area contributed by atoms with Gasteiger partial charge in [-0.2, -0.15) is 0 Å². The minimum Gasteiger partial charge on any atom is -0.495 e. The van der Waals surface area contributed by atoms with Crippen LogP contribution in [0.4, 0.5) is 4.39 Å². The van der Waals surface area contributed by atoms with Crippen LogP contribution in [0, 0.1) is 5.82 Å². The Morgan fingerprint density at radius 1 is 1.26 bits per heavy atom. The summed E-state index contributed by atoms with van der Waals surface area (Å²) in [6.45, 7) is 3.58. The van der Waals surface area contributed by atoms with Gasteiger partial charge in [-0.3, -0.25) is 9.36 Å². The van der Waals surface area contributed by atoms with Crippen LogP contribution in [-0.2, 0) is 9.53 Å². The Kier molecular flexibility index (Phi) is 7.20. The third-order valence-electron chi connectivity index (χ3n) is 5.23. The summed E-state index contributed by atoms with van der Waals surface area (Å²) < 4.78 is 27.8. The van der Waals surface area contributed by atoms with Gasteiger partial charge in [-0.15, -0.1) is 0 Å². The molecule has 1 aliphatic heterocycles. The second-order valence-electron chi connectivity index (χ2n) is 7.36. The molecule has 3 aromatic rings. The zero-order valence-corrected chi connectivity index (χ0v) is 22.4. The summed E-state index contributed by atoms with van der Waals surface area (Å²) in [5.41, 5.74) is 1.63. The highest BCUT2D eigenvalue weighted by Gasteiger charge is 2.33. The number of ether oxygens (including phenoxy) is 2. The van der Waals surface area contributed by atoms with E-state index < -0.39 is 17.8 Å². The van der Waals surface area contributed by atoms with E-state index in [1.54, 1.807) is 39.2 Å². The van der Waals surface area contributed by atoms with Gasteiger partial charge in [0, 0.05) is 10.0 Å². The smallest absolute Gasteiger partial charge is 0.338 e. The monoisotopic (exact) mass is 608 g/mol. The van der Waals surface area contributed by atoms with Crippen molar-refractivity contribution >= 4 is 55.2 Å². The lowest BCUT2D eigenvalue weighted by atomic mass is 9.96. The van der Waals surface area contributed by atoms with E-state index in [0.29, 0.717) is 31.9 Å².